The van der Waals surface area contributed by atoms with E-state index in [4.69, 9.17) is 5.73 Å². The minimum atomic E-state index is 0.381. The first kappa shape index (κ1) is 12.3. The first-order chi connectivity index (χ1) is 8.56. The summed E-state index contributed by atoms with van der Waals surface area (Å²) in [5.74, 6) is 1.57. The van der Waals surface area contributed by atoms with Crippen molar-refractivity contribution in [3.05, 3.63) is 29.2 Å². The number of nitrogen functional groups attached to an aromatic ring is 1. The molecule has 2 heterocycles. The molecule has 0 saturated heterocycles. The molecule has 0 aliphatic carbocycles. The third-order valence-electron chi connectivity index (χ3n) is 2.65. The zero-order valence-corrected chi connectivity index (χ0v) is 10.9. The lowest BCUT2D eigenvalue weighted by Crippen LogP contribution is -2.07. The van der Waals surface area contributed by atoms with Crippen LogP contribution in [0.15, 0.2) is 12.3 Å². The highest BCUT2D eigenvalue weighted by Crippen LogP contribution is 2.15. The fourth-order valence-electron chi connectivity index (χ4n) is 1.60. The summed E-state index contributed by atoms with van der Waals surface area (Å²) in [5, 5.41) is 9.72. The average molecular weight is 246 g/mol. The molecular weight excluding hydrogens is 228 g/mol. The van der Waals surface area contributed by atoms with Crippen molar-refractivity contribution in [2.24, 2.45) is 0 Å². The Morgan fingerprint density at radius 1 is 1.39 bits per heavy atom. The highest BCUT2D eigenvalue weighted by Gasteiger charge is 2.07. The first-order valence-electron chi connectivity index (χ1n) is 5.93. The second kappa shape index (κ2) is 5.03. The standard InChI is InChI=1S/C12H18N6/c1-7(2)10-4-8(3)16-12(17-10)14-5-9-6-15-18-11(9)13/h4,6-7H,5H2,1-3H3,(H3,13,15,18)(H,14,16,17). The van der Waals surface area contributed by atoms with Crippen LogP contribution in [0.25, 0.3) is 0 Å². The lowest BCUT2D eigenvalue weighted by atomic mass is 10.1. The van der Waals surface area contributed by atoms with Gasteiger partial charge in [0.2, 0.25) is 5.95 Å². The molecule has 0 aliphatic rings. The van der Waals surface area contributed by atoms with Crippen molar-refractivity contribution in [3.8, 4) is 0 Å². The van der Waals surface area contributed by atoms with Gasteiger partial charge in [-0.2, -0.15) is 5.10 Å². The zero-order chi connectivity index (χ0) is 13.1. The van der Waals surface area contributed by atoms with E-state index in [9.17, 15) is 0 Å². The highest BCUT2D eigenvalue weighted by atomic mass is 15.2. The number of aryl methyl sites for hydroxylation is 1. The maximum Gasteiger partial charge on any atom is 0.223 e. The largest absolute Gasteiger partial charge is 0.384 e. The molecule has 0 fully saturated rings. The Morgan fingerprint density at radius 2 is 2.17 bits per heavy atom. The Labute approximate surface area is 106 Å². The third kappa shape index (κ3) is 2.77. The SMILES string of the molecule is Cc1cc(C(C)C)nc(NCc2cn[nH]c2N)n1. The average Bonchev–Trinajstić information content (AvgIpc) is 2.71. The van der Waals surface area contributed by atoms with Crippen molar-refractivity contribution < 1.29 is 0 Å². The van der Waals surface area contributed by atoms with Gasteiger partial charge in [0.1, 0.15) is 5.82 Å². The monoisotopic (exact) mass is 246 g/mol. The van der Waals surface area contributed by atoms with E-state index in [2.05, 4.69) is 39.3 Å². The van der Waals surface area contributed by atoms with Crippen LogP contribution in [0.1, 0.15) is 36.7 Å². The normalized spacial score (nSPS) is 10.9. The van der Waals surface area contributed by atoms with Crippen LogP contribution >= 0.6 is 0 Å². The smallest absolute Gasteiger partial charge is 0.223 e. The summed E-state index contributed by atoms with van der Waals surface area (Å²) in [6.45, 7) is 6.74. The van der Waals surface area contributed by atoms with E-state index in [-0.39, 0.29) is 0 Å². The Balaban J connectivity index is 2.12. The number of rotatable bonds is 4. The summed E-state index contributed by atoms with van der Waals surface area (Å²) in [5.41, 5.74) is 8.61. The summed E-state index contributed by atoms with van der Waals surface area (Å²) >= 11 is 0. The van der Waals surface area contributed by atoms with Gasteiger partial charge < -0.3 is 11.1 Å². The van der Waals surface area contributed by atoms with Crippen LogP contribution in [0.5, 0.6) is 0 Å². The van der Waals surface area contributed by atoms with Gasteiger partial charge in [-0.05, 0) is 18.9 Å². The lowest BCUT2D eigenvalue weighted by Gasteiger charge is -2.09. The van der Waals surface area contributed by atoms with Crippen LogP contribution in [0, 0.1) is 6.92 Å². The predicted molar refractivity (Wildman–Crippen MR) is 71.2 cm³/mol. The molecule has 0 aliphatic heterocycles. The van der Waals surface area contributed by atoms with E-state index >= 15 is 0 Å². The molecule has 0 radical (unpaired) electrons. The van der Waals surface area contributed by atoms with E-state index in [0.29, 0.717) is 24.2 Å². The molecule has 18 heavy (non-hydrogen) atoms. The minimum Gasteiger partial charge on any atom is -0.384 e. The van der Waals surface area contributed by atoms with Crippen molar-refractivity contribution in [1.29, 1.82) is 0 Å². The number of aromatic amines is 1. The molecule has 2 rings (SSSR count). The second-order valence-corrected chi connectivity index (χ2v) is 4.57. The molecule has 0 unspecified atom stereocenters. The van der Waals surface area contributed by atoms with Gasteiger partial charge in [-0.15, -0.1) is 0 Å². The van der Waals surface area contributed by atoms with Gasteiger partial charge in [-0.3, -0.25) is 5.10 Å². The molecule has 0 atom stereocenters. The summed E-state index contributed by atoms with van der Waals surface area (Å²) in [7, 11) is 0. The van der Waals surface area contributed by atoms with E-state index in [1.54, 1.807) is 6.20 Å². The van der Waals surface area contributed by atoms with Gasteiger partial charge in [-0.25, -0.2) is 9.97 Å². The molecule has 2 aromatic heterocycles. The molecular formula is C12H18N6. The van der Waals surface area contributed by atoms with E-state index in [0.717, 1.165) is 17.0 Å². The number of aromatic nitrogens is 4. The number of hydrogen-bond acceptors (Lipinski definition) is 5. The maximum absolute atomic E-state index is 5.71. The van der Waals surface area contributed by atoms with Crippen molar-refractivity contribution in [3.63, 3.8) is 0 Å². The fourth-order valence-corrected chi connectivity index (χ4v) is 1.60. The molecule has 0 bridgehead atoms. The maximum atomic E-state index is 5.71. The molecule has 96 valence electrons. The van der Waals surface area contributed by atoms with Gasteiger partial charge >= 0.3 is 0 Å². The Kier molecular flexibility index (Phi) is 3.45. The van der Waals surface area contributed by atoms with Crippen molar-refractivity contribution in [1.82, 2.24) is 20.2 Å². The Bertz CT molecular complexity index is 531. The molecule has 0 aromatic carbocycles. The summed E-state index contributed by atoms with van der Waals surface area (Å²) in [6, 6.07) is 2.00. The zero-order valence-electron chi connectivity index (χ0n) is 10.9. The number of hydrogen-bond donors (Lipinski definition) is 3. The van der Waals surface area contributed by atoms with Crippen LogP contribution < -0.4 is 11.1 Å². The van der Waals surface area contributed by atoms with Crippen LogP contribution in [0.3, 0.4) is 0 Å². The number of nitrogens with two attached hydrogens (primary N) is 1. The number of anilines is 2. The van der Waals surface area contributed by atoms with Gasteiger partial charge in [-0.1, -0.05) is 13.8 Å². The first-order valence-corrected chi connectivity index (χ1v) is 5.93. The summed E-state index contributed by atoms with van der Waals surface area (Å²) in [4.78, 5) is 8.82. The van der Waals surface area contributed by atoms with E-state index < -0.39 is 0 Å². The quantitative estimate of drug-likeness (QED) is 0.765. The van der Waals surface area contributed by atoms with Gasteiger partial charge in [0.15, 0.2) is 0 Å². The summed E-state index contributed by atoms with van der Waals surface area (Å²) < 4.78 is 0. The van der Waals surface area contributed by atoms with Crippen molar-refractivity contribution in [2.75, 3.05) is 11.1 Å². The van der Waals surface area contributed by atoms with Crippen LogP contribution in [0.4, 0.5) is 11.8 Å². The van der Waals surface area contributed by atoms with Crippen LogP contribution in [-0.4, -0.2) is 20.2 Å². The molecule has 0 spiro atoms. The topological polar surface area (TPSA) is 92.5 Å². The number of H-pyrrole nitrogens is 1. The van der Waals surface area contributed by atoms with E-state index in [1.807, 2.05) is 13.0 Å². The minimum absolute atomic E-state index is 0.381. The van der Waals surface area contributed by atoms with Crippen molar-refractivity contribution >= 4 is 11.8 Å². The number of nitrogens with one attached hydrogen (secondary N) is 2. The molecule has 6 heteroatoms. The summed E-state index contributed by atoms with van der Waals surface area (Å²) in [6.07, 6.45) is 1.70. The Hall–Kier alpha value is -2.11. The second-order valence-electron chi connectivity index (χ2n) is 4.57. The van der Waals surface area contributed by atoms with Crippen LogP contribution in [-0.2, 0) is 6.54 Å². The van der Waals surface area contributed by atoms with E-state index in [1.165, 1.54) is 0 Å². The van der Waals surface area contributed by atoms with Crippen LogP contribution in [0.2, 0.25) is 0 Å². The number of nitrogens with zero attached hydrogens (tertiary/aromatic N) is 3. The highest BCUT2D eigenvalue weighted by molar-refractivity contribution is 5.40. The lowest BCUT2D eigenvalue weighted by molar-refractivity contribution is 0.808. The van der Waals surface area contributed by atoms with Gasteiger partial charge in [0, 0.05) is 23.5 Å². The molecule has 4 N–H and O–H groups in total. The molecule has 0 amide bonds. The van der Waals surface area contributed by atoms with Gasteiger partial charge in [0.25, 0.3) is 0 Å². The molecule has 0 saturated carbocycles. The third-order valence-corrected chi connectivity index (χ3v) is 2.65. The van der Waals surface area contributed by atoms with Gasteiger partial charge in [0.05, 0.1) is 6.20 Å². The fraction of sp³-hybridized carbons (Fsp3) is 0.417. The molecule has 6 nitrogen and oxygen atoms in total. The Morgan fingerprint density at radius 3 is 2.78 bits per heavy atom. The predicted octanol–water partition coefficient (Wildman–Crippen LogP) is 1.83. The van der Waals surface area contributed by atoms with Crippen molar-refractivity contribution in [2.45, 2.75) is 33.2 Å². The molecule has 2 aromatic rings.